The fraction of sp³-hybridized carbons (Fsp3) is 0.538. The van der Waals surface area contributed by atoms with Crippen LogP contribution in [0.15, 0.2) is 22.7 Å². The van der Waals surface area contributed by atoms with Gasteiger partial charge in [0, 0.05) is 32.5 Å². The predicted molar refractivity (Wildman–Crippen MR) is 83.9 cm³/mol. The number of halogens is 2. The Kier molecular flexibility index (Phi) is 5.42. The summed E-state index contributed by atoms with van der Waals surface area (Å²) >= 11 is 7.17. The molecule has 5 heteroatoms. The lowest BCUT2D eigenvalue weighted by molar-refractivity contribution is 0.571. The summed E-state index contributed by atoms with van der Waals surface area (Å²) in [6.45, 7) is 2.22. The molecule has 18 heavy (non-hydrogen) atoms. The van der Waals surface area contributed by atoms with Gasteiger partial charge in [0.2, 0.25) is 0 Å². The van der Waals surface area contributed by atoms with Gasteiger partial charge >= 0.3 is 0 Å². The van der Waals surface area contributed by atoms with E-state index in [0.29, 0.717) is 22.5 Å². The number of rotatable bonds is 3. The highest BCUT2D eigenvalue weighted by molar-refractivity contribution is 9.10. The zero-order valence-corrected chi connectivity index (χ0v) is 13.5. The Hall–Kier alpha value is 0.290. The molecule has 2 N–H and O–H groups in total. The van der Waals surface area contributed by atoms with Crippen LogP contribution in [0.2, 0.25) is 0 Å². The van der Waals surface area contributed by atoms with Crippen molar-refractivity contribution >= 4 is 39.5 Å². The number of hydrogen-bond donors (Lipinski definition) is 1. The van der Waals surface area contributed by atoms with Gasteiger partial charge in [0.25, 0.3) is 0 Å². The minimum atomic E-state index is -0.166. The second-order valence-corrected chi connectivity index (χ2v) is 8.20. The van der Waals surface area contributed by atoms with Crippen LogP contribution in [0.1, 0.15) is 12.5 Å². The van der Waals surface area contributed by atoms with Crippen LogP contribution in [-0.2, 0) is 6.42 Å². The molecular weight excluding hydrogens is 333 g/mol. The average molecular weight is 350 g/mol. The van der Waals surface area contributed by atoms with Gasteiger partial charge in [0.05, 0.1) is 0 Å². The molecule has 0 aromatic heterocycles. The maximum absolute atomic E-state index is 13.8. The van der Waals surface area contributed by atoms with Crippen molar-refractivity contribution in [3.05, 3.63) is 34.1 Å². The maximum atomic E-state index is 13.8. The summed E-state index contributed by atoms with van der Waals surface area (Å²) in [6.07, 6.45) is 0.613. The molecule has 1 aromatic carbocycles. The summed E-state index contributed by atoms with van der Waals surface area (Å²) in [5.41, 5.74) is 6.98. The minimum Gasteiger partial charge on any atom is -0.326 e. The molecule has 2 rings (SSSR count). The molecule has 0 bridgehead atoms. The SMILES string of the molecule is CC1SCCSC1C(N)Cc1ccc(Br)cc1F. The quantitative estimate of drug-likeness (QED) is 0.900. The Morgan fingerprint density at radius 3 is 2.83 bits per heavy atom. The van der Waals surface area contributed by atoms with Crippen LogP contribution in [0.3, 0.4) is 0 Å². The van der Waals surface area contributed by atoms with E-state index in [4.69, 9.17) is 5.73 Å². The van der Waals surface area contributed by atoms with E-state index >= 15 is 0 Å². The molecule has 3 atom stereocenters. The van der Waals surface area contributed by atoms with Crippen molar-refractivity contribution in [3.8, 4) is 0 Å². The van der Waals surface area contributed by atoms with Crippen molar-refractivity contribution in [2.75, 3.05) is 11.5 Å². The Labute approximate surface area is 125 Å². The third-order valence-corrected chi connectivity index (χ3v) is 6.90. The summed E-state index contributed by atoms with van der Waals surface area (Å²) in [7, 11) is 0. The van der Waals surface area contributed by atoms with E-state index < -0.39 is 0 Å². The highest BCUT2D eigenvalue weighted by atomic mass is 79.9. The summed E-state index contributed by atoms with van der Waals surface area (Å²) in [5, 5.41) is 0.976. The fourth-order valence-corrected chi connectivity index (χ4v) is 5.40. The van der Waals surface area contributed by atoms with Gasteiger partial charge < -0.3 is 5.73 Å². The number of hydrogen-bond acceptors (Lipinski definition) is 3. The van der Waals surface area contributed by atoms with Gasteiger partial charge in [0.15, 0.2) is 0 Å². The minimum absolute atomic E-state index is 0.0217. The van der Waals surface area contributed by atoms with E-state index in [1.165, 1.54) is 11.8 Å². The smallest absolute Gasteiger partial charge is 0.127 e. The number of benzene rings is 1. The van der Waals surface area contributed by atoms with Crippen LogP contribution >= 0.6 is 39.5 Å². The molecule has 0 spiro atoms. The molecule has 1 fully saturated rings. The van der Waals surface area contributed by atoms with Gasteiger partial charge in [-0.25, -0.2) is 4.39 Å². The monoisotopic (exact) mass is 349 g/mol. The van der Waals surface area contributed by atoms with Crippen molar-refractivity contribution in [1.29, 1.82) is 0 Å². The van der Waals surface area contributed by atoms with Crippen molar-refractivity contribution in [3.63, 3.8) is 0 Å². The molecule has 1 saturated heterocycles. The van der Waals surface area contributed by atoms with E-state index in [9.17, 15) is 4.39 Å². The van der Waals surface area contributed by atoms with Crippen LogP contribution in [0.4, 0.5) is 4.39 Å². The van der Waals surface area contributed by atoms with Crippen LogP contribution in [0.5, 0.6) is 0 Å². The molecule has 0 saturated carbocycles. The van der Waals surface area contributed by atoms with E-state index in [-0.39, 0.29) is 11.9 Å². The van der Waals surface area contributed by atoms with Crippen LogP contribution in [0, 0.1) is 5.82 Å². The molecule has 3 unspecified atom stereocenters. The summed E-state index contributed by atoms with van der Waals surface area (Å²) in [4.78, 5) is 0. The predicted octanol–water partition coefficient (Wildman–Crippen LogP) is 3.70. The summed E-state index contributed by atoms with van der Waals surface area (Å²) < 4.78 is 14.5. The van der Waals surface area contributed by atoms with Crippen molar-refractivity contribution in [2.24, 2.45) is 5.73 Å². The Morgan fingerprint density at radius 2 is 2.17 bits per heavy atom. The normalized spacial score (nSPS) is 26.0. The van der Waals surface area contributed by atoms with E-state index in [1.54, 1.807) is 0 Å². The van der Waals surface area contributed by atoms with Crippen LogP contribution in [0.25, 0.3) is 0 Å². The lowest BCUT2D eigenvalue weighted by atomic mass is 10.0. The molecular formula is C13H17BrFNS2. The zero-order chi connectivity index (χ0) is 13.1. The third-order valence-electron chi connectivity index (χ3n) is 3.13. The molecule has 1 aliphatic rings. The second-order valence-electron chi connectivity index (χ2n) is 4.52. The van der Waals surface area contributed by atoms with E-state index in [0.717, 1.165) is 10.2 Å². The largest absolute Gasteiger partial charge is 0.326 e. The molecule has 0 aliphatic carbocycles. The van der Waals surface area contributed by atoms with Crippen LogP contribution < -0.4 is 5.73 Å². The first-order valence-electron chi connectivity index (χ1n) is 6.00. The van der Waals surface area contributed by atoms with Crippen molar-refractivity contribution in [1.82, 2.24) is 0 Å². The van der Waals surface area contributed by atoms with E-state index in [1.807, 2.05) is 35.7 Å². The average Bonchev–Trinajstić information content (AvgIpc) is 2.33. The molecule has 0 radical (unpaired) electrons. The third kappa shape index (κ3) is 3.65. The van der Waals surface area contributed by atoms with Crippen molar-refractivity contribution < 1.29 is 4.39 Å². The van der Waals surface area contributed by atoms with Gasteiger partial charge in [-0.1, -0.05) is 28.9 Å². The first-order chi connectivity index (χ1) is 8.58. The Bertz CT molecular complexity index is 416. The zero-order valence-electron chi connectivity index (χ0n) is 10.2. The maximum Gasteiger partial charge on any atom is 0.127 e. The molecule has 100 valence electrons. The van der Waals surface area contributed by atoms with Gasteiger partial charge in [-0.3, -0.25) is 0 Å². The lowest BCUT2D eigenvalue weighted by Crippen LogP contribution is -2.42. The first-order valence-corrected chi connectivity index (χ1v) is 8.89. The highest BCUT2D eigenvalue weighted by Gasteiger charge is 2.28. The lowest BCUT2D eigenvalue weighted by Gasteiger charge is -2.32. The molecule has 1 aromatic rings. The second kappa shape index (κ2) is 6.64. The molecule has 1 nitrogen and oxygen atoms in total. The standard InChI is InChI=1S/C13H17BrFNS2/c1-8-13(18-5-4-17-8)12(16)6-9-2-3-10(14)7-11(9)15/h2-3,7-8,12-13H,4-6,16H2,1H3. The van der Waals surface area contributed by atoms with Crippen LogP contribution in [-0.4, -0.2) is 28.0 Å². The summed E-state index contributed by atoms with van der Waals surface area (Å²) in [5.74, 6) is 2.18. The highest BCUT2D eigenvalue weighted by Crippen LogP contribution is 2.33. The number of thioether (sulfide) groups is 2. The topological polar surface area (TPSA) is 26.0 Å². The first kappa shape index (κ1) is 14.7. The van der Waals surface area contributed by atoms with Gasteiger partial charge in [0.1, 0.15) is 5.82 Å². The summed E-state index contributed by atoms with van der Waals surface area (Å²) in [6, 6.07) is 5.23. The number of nitrogens with two attached hydrogens (primary N) is 1. The van der Waals surface area contributed by atoms with Gasteiger partial charge in [-0.2, -0.15) is 23.5 Å². The Balaban J connectivity index is 2.03. The van der Waals surface area contributed by atoms with E-state index in [2.05, 4.69) is 22.9 Å². The van der Waals surface area contributed by atoms with Gasteiger partial charge in [-0.05, 0) is 24.1 Å². The van der Waals surface area contributed by atoms with Crippen molar-refractivity contribution in [2.45, 2.75) is 29.9 Å². The van der Waals surface area contributed by atoms with Gasteiger partial charge in [-0.15, -0.1) is 0 Å². The Morgan fingerprint density at radius 1 is 1.44 bits per heavy atom. The molecule has 0 amide bonds. The fourth-order valence-electron chi connectivity index (χ4n) is 2.18. The molecule has 1 heterocycles. The molecule has 1 aliphatic heterocycles.